The summed E-state index contributed by atoms with van der Waals surface area (Å²) >= 11 is 0. The monoisotopic (exact) mass is 245 g/mol. The Morgan fingerprint density at radius 3 is 2.35 bits per heavy atom. The molecule has 0 bridgehead atoms. The van der Waals surface area contributed by atoms with Crippen LogP contribution in [0.1, 0.15) is 20.3 Å². The van der Waals surface area contributed by atoms with Crippen LogP contribution in [0.2, 0.25) is 0 Å². The van der Waals surface area contributed by atoms with Gasteiger partial charge in [0.05, 0.1) is 19.1 Å². The van der Waals surface area contributed by atoms with Crippen molar-refractivity contribution in [2.45, 2.75) is 26.3 Å². The summed E-state index contributed by atoms with van der Waals surface area (Å²) in [5, 5.41) is 2.91. The van der Waals surface area contributed by atoms with Crippen molar-refractivity contribution in [2.24, 2.45) is 5.73 Å². The Labute approximate surface area is 102 Å². The van der Waals surface area contributed by atoms with Crippen LogP contribution in [0.5, 0.6) is 0 Å². The van der Waals surface area contributed by atoms with Crippen LogP contribution in [0.15, 0.2) is 0 Å². The Balaban J connectivity index is 4.23. The van der Waals surface area contributed by atoms with Gasteiger partial charge in [-0.2, -0.15) is 0 Å². The summed E-state index contributed by atoms with van der Waals surface area (Å²) in [7, 11) is 1.57. The van der Waals surface area contributed by atoms with E-state index in [4.69, 9.17) is 10.5 Å². The van der Waals surface area contributed by atoms with E-state index in [1.54, 1.807) is 12.0 Å². The molecule has 100 valence electrons. The van der Waals surface area contributed by atoms with Gasteiger partial charge in [0.1, 0.15) is 0 Å². The highest BCUT2D eigenvalue weighted by molar-refractivity contribution is 5.87. The molecule has 0 aliphatic heterocycles. The molecule has 0 rings (SSSR count). The number of carbonyl (C=O) groups is 2. The zero-order valence-electron chi connectivity index (χ0n) is 10.9. The molecule has 3 N–H and O–H groups in total. The molecule has 0 aromatic heterocycles. The predicted molar refractivity (Wildman–Crippen MR) is 65.4 cm³/mol. The van der Waals surface area contributed by atoms with Crippen molar-refractivity contribution in [1.82, 2.24) is 10.2 Å². The summed E-state index contributed by atoms with van der Waals surface area (Å²) in [5.74, 6) is -0.578. The van der Waals surface area contributed by atoms with Gasteiger partial charge in [-0.1, -0.05) is 0 Å². The van der Waals surface area contributed by atoms with Gasteiger partial charge in [0.25, 0.3) is 0 Å². The minimum atomic E-state index is -0.627. The number of nitrogens with one attached hydrogen (secondary N) is 1. The Bertz CT molecular complexity index is 242. The third kappa shape index (κ3) is 6.23. The van der Waals surface area contributed by atoms with E-state index >= 15 is 0 Å². The number of primary amides is 1. The van der Waals surface area contributed by atoms with Crippen LogP contribution in [-0.4, -0.2) is 56.1 Å². The van der Waals surface area contributed by atoms with Crippen molar-refractivity contribution in [3.63, 3.8) is 0 Å². The summed E-state index contributed by atoms with van der Waals surface area (Å²) in [6, 6.07) is -0.627. The highest BCUT2D eigenvalue weighted by atomic mass is 16.5. The normalized spacial score (nSPS) is 12.2. The Hall–Kier alpha value is -1.14. The molecule has 0 aliphatic carbocycles. The van der Waals surface area contributed by atoms with E-state index in [9.17, 15) is 9.59 Å². The Kier molecular flexibility index (Phi) is 8.35. The van der Waals surface area contributed by atoms with Crippen molar-refractivity contribution >= 4 is 11.8 Å². The largest absolute Gasteiger partial charge is 0.383 e. The van der Waals surface area contributed by atoms with E-state index in [-0.39, 0.29) is 12.3 Å². The first-order chi connectivity index (χ1) is 8.06. The van der Waals surface area contributed by atoms with Gasteiger partial charge in [-0.05, 0) is 13.8 Å². The molecule has 17 heavy (non-hydrogen) atoms. The predicted octanol–water partition coefficient (Wildman–Crippen LogP) is -0.665. The van der Waals surface area contributed by atoms with Gasteiger partial charge in [-0.3, -0.25) is 9.59 Å². The van der Waals surface area contributed by atoms with Crippen LogP contribution < -0.4 is 11.1 Å². The Morgan fingerprint density at radius 2 is 1.94 bits per heavy atom. The summed E-state index contributed by atoms with van der Waals surface area (Å²) in [6.07, 6.45) is 0.0979. The lowest BCUT2D eigenvalue weighted by Crippen LogP contribution is -2.46. The lowest BCUT2D eigenvalue weighted by Gasteiger charge is -2.22. The maximum atomic E-state index is 11.8. The molecule has 1 atom stereocenters. The molecule has 6 nitrogen and oxygen atoms in total. The van der Waals surface area contributed by atoms with Gasteiger partial charge in [0.15, 0.2) is 0 Å². The van der Waals surface area contributed by atoms with Crippen LogP contribution >= 0.6 is 0 Å². The van der Waals surface area contributed by atoms with Gasteiger partial charge in [0, 0.05) is 26.7 Å². The van der Waals surface area contributed by atoms with Crippen LogP contribution in [0.25, 0.3) is 0 Å². The van der Waals surface area contributed by atoms with Crippen LogP contribution in [-0.2, 0) is 14.3 Å². The zero-order chi connectivity index (χ0) is 13.3. The van der Waals surface area contributed by atoms with Crippen LogP contribution in [0.4, 0.5) is 0 Å². The SMILES string of the molecule is CCN(CC)C(=O)CC(NCCOC)C(N)=O. The topological polar surface area (TPSA) is 84.7 Å². The molecule has 0 aromatic carbocycles. The molecule has 0 saturated carbocycles. The summed E-state index contributed by atoms with van der Waals surface area (Å²) in [4.78, 5) is 24.7. The Morgan fingerprint density at radius 1 is 1.35 bits per heavy atom. The molecular formula is C11H23N3O3. The van der Waals surface area contributed by atoms with E-state index in [1.165, 1.54) is 0 Å². The van der Waals surface area contributed by atoms with Gasteiger partial charge in [-0.25, -0.2) is 0 Å². The molecular weight excluding hydrogens is 222 g/mol. The second kappa shape index (κ2) is 8.95. The maximum absolute atomic E-state index is 11.8. The van der Waals surface area contributed by atoms with Crippen LogP contribution in [0, 0.1) is 0 Å². The summed E-state index contributed by atoms with van der Waals surface area (Å²) in [6.45, 7) is 6.05. The van der Waals surface area contributed by atoms with Gasteiger partial charge in [0.2, 0.25) is 11.8 Å². The van der Waals surface area contributed by atoms with E-state index in [0.29, 0.717) is 26.2 Å². The number of rotatable bonds is 9. The number of nitrogens with two attached hydrogens (primary N) is 1. The van der Waals surface area contributed by atoms with Crippen LogP contribution in [0.3, 0.4) is 0 Å². The highest BCUT2D eigenvalue weighted by Gasteiger charge is 2.21. The molecule has 0 heterocycles. The summed E-state index contributed by atoms with van der Waals surface area (Å²) in [5.41, 5.74) is 5.24. The molecule has 2 amide bonds. The minimum absolute atomic E-state index is 0.0660. The van der Waals surface area contributed by atoms with E-state index in [2.05, 4.69) is 5.32 Å². The molecule has 0 spiro atoms. The third-order valence-corrected chi connectivity index (χ3v) is 2.54. The van der Waals surface area contributed by atoms with Crippen molar-refractivity contribution in [3.8, 4) is 0 Å². The van der Waals surface area contributed by atoms with Gasteiger partial charge in [-0.15, -0.1) is 0 Å². The zero-order valence-corrected chi connectivity index (χ0v) is 10.9. The number of carbonyl (C=O) groups excluding carboxylic acids is 2. The van der Waals surface area contributed by atoms with Gasteiger partial charge >= 0.3 is 0 Å². The van der Waals surface area contributed by atoms with Gasteiger partial charge < -0.3 is 20.7 Å². The lowest BCUT2D eigenvalue weighted by atomic mass is 10.1. The number of hydrogen-bond acceptors (Lipinski definition) is 4. The van der Waals surface area contributed by atoms with E-state index in [0.717, 1.165) is 0 Å². The van der Waals surface area contributed by atoms with Crippen molar-refractivity contribution in [3.05, 3.63) is 0 Å². The number of methoxy groups -OCH3 is 1. The molecule has 6 heteroatoms. The fourth-order valence-electron chi connectivity index (χ4n) is 1.49. The third-order valence-electron chi connectivity index (χ3n) is 2.54. The smallest absolute Gasteiger partial charge is 0.235 e. The average molecular weight is 245 g/mol. The standard InChI is InChI=1S/C11H23N3O3/c1-4-14(5-2)10(15)8-9(11(12)16)13-6-7-17-3/h9,13H,4-8H2,1-3H3,(H2,12,16). The fourth-order valence-corrected chi connectivity index (χ4v) is 1.49. The number of nitrogens with zero attached hydrogens (tertiary/aromatic N) is 1. The first-order valence-electron chi connectivity index (χ1n) is 5.86. The first kappa shape index (κ1) is 15.9. The van der Waals surface area contributed by atoms with Crippen molar-refractivity contribution in [1.29, 1.82) is 0 Å². The molecule has 0 aromatic rings. The van der Waals surface area contributed by atoms with E-state index < -0.39 is 11.9 Å². The molecule has 0 saturated heterocycles. The minimum Gasteiger partial charge on any atom is -0.383 e. The molecule has 0 fully saturated rings. The molecule has 0 aliphatic rings. The lowest BCUT2D eigenvalue weighted by molar-refractivity contribution is -0.134. The quantitative estimate of drug-likeness (QED) is 0.528. The summed E-state index contributed by atoms with van der Waals surface area (Å²) < 4.78 is 4.86. The average Bonchev–Trinajstić information content (AvgIpc) is 2.29. The fraction of sp³-hybridized carbons (Fsp3) is 0.818. The second-order valence-electron chi connectivity index (χ2n) is 3.67. The number of amides is 2. The molecule has 0 radical (unpaired) electrons. The maximum Gasteiger partial charge on any atom is 0.235 e. The number of ether oxygens (including phenoxy) is 1. The van der Waals surface area contributed by atoms with Crippen molar-refractivity contribution < 1.29 is 14.3 Å². The van der Waals surface area contributed by atoms with Crippen molar-refractivity contribution in [2.75, 3.05) is 33.4 Å². The number of hydrogen-bond donors (Lipinski definition) is 2. The molecule has 1 unspecified atom stereocenters. The first-order valence-corrected chi connectivity index (χ1v) is 5.86. The van der Waals surface area contributed by atoms with E-state index in [1.807, 2.05) is 13.8 Å². The second-order valence-corrected chi connectivity index (χ2v) is 3.67. The highest BCUT2D eigenvalue weighted by Crippen LogP contribution is 1.99.